The number of nitrogens with zero attached hydrogens (tertiary/aromatic N) is 2. The van der Waals surface area contributed by atoms with Gasteiger partial charge in [0.25, 0.3) is 0 Å². The molecule has 3 heteroatoms. The summed E-state index contributed by atoms with van der Waals surface area (Å²) in [6.45, 7) is 0.721. The van der Waals surface area contributed by atoms with Gasteiger partial charge in [-0.1, -0.05) is 48.5 Å². The van der Waals surface area contributed by atoms with Gasteiger partial charge in [0, 0.05) is 24.9 Å². The van der Waals surface area contributed by atoms with E-state index < -0.39 is 0 Å². The Morgan fingerprint density at radius 2 is 1.77 bits per heavy atom. The van der Waals surface area contributed by atoms with Gasteiger partial charge in [0.1, 0.15) is 5.82 Å². The third-order valence-electron chi connectivity index (χ3n) is 3.68. The van der Waals surface area contributed by atoms with Crippen LogP contribution in [-0.4, -0.2) is 4.90 Å². The summed E-state index contributed by atoms with van der Waals surface area (Å²) in [6, 6.07) is 18.6. The lowest BCUT2D eigenvalue weighted by molar-refractivity contribution is 0.485. The van der Waals surface area contributed by atoms with Crippen LogP contribution in [0.15, 0.2) is 78.6 Å². The van der Waals surface area contributed by atoms with Crippen molar-refractivity contribution in [2.24, 2.45) is 0 Å². The summed E-state index contributed by atoms with van der Waals surface area (Å²) in [5.41, 5.74) is 2.76. The predicted molar refractivity (Wildman–Crippen MR) is 84.0 cm³/mol. The summed E-state index contributed by atoms with van der Waals surface area (Å²) in [6.07, 6.45) is 5.82. The summed E-state index contributed by atoms with van der Waals surface area (Å²) in [5, 5.41) is 9.41. The van der Waals surface area contributed by atoms with Crippen LogP contribution in [0.5, 0.6) is 0 Å². The second kappa shape index (κ2) is 6.28. The van der Waals surface area contributed by atoms with Crippen LogP contribution in [0, 0.1) is 17.1 Å². The summed E-state index contributed by atoms with van der Waals surface area (Å²) in [4.78, 5) is 1.99. The fourth-order valence-corrected chi connectivity index (χ4v) is 2.55. The van der Waals surface area contributed by atoms with E-state index >= 15 is 0 Å². The zero-order valence-electron chi connectivity index (χ0n) is 12.0. The highest BCUT2D eigenvalue weighted by Crippen LogP contribution is 2.29. The van der Waals surface area contributed by atoms with Crippen LogP contribution in [0.25, 0.3) is 0 Å². The van der Waals surface area contributed by atoms with Gasteiger partial charge in [0.2, 0.25) is 0 Å². The first-order valence-electron chi connectivity index (χ1n) is 7.11. The monoisotopic (exact) mass is 290 g/mol. The van der Waals surface area contributed by atoms with Crippen LogP contribution >= 0.6 is 0 Å². The van der Waals surface area contributed by atoms with E-state index in [-0.39, 0.29) is 11.7 Å². The molecule has 0 fully saturated rings. The lowest BCUT2D eigenvalue weighted by Crippen LogP contribution is -2.16. The Kier molecular flexibility index (Phi) is 4.02. The quantitative estimate of drug-likeness (QED) is 0.840. The molecule has 1 unspecified atom stereocenters. The molecule has 2 aromatic carbocycles. The zero-order valence-corrected chi connectivity index (χ0v) is 12.0. The van der Waals surface area contributed by atoms with Gasteiger partial charge in [-0.3, -0.25) is 0 Å². The van der Waals surface area contributed by atoms with Gasteiger partial charge in [0.15, 0.2) is 0 Å². The molecule has 22 heavy (non-hydrogen) atoms. The van der Waals surface area contributed by atoms with Gasteiger partial charge in [-0.15, -0.1) is 0 Å². The summed E-state index contributed by atoms with van der Waals surface area (Å²) >= 11 is 0. The van der Waals surface area contributed by atoms with Crippen molar-refractivity contribution in [1.82, 2.24) is 4.90 Å². The molecular formula is C19H15FN2. The molecule has 0 N–H and O–H groups in total. The second-order valence-corrected chi connectivity index (χ2v) is 5.22. The molecule has 108 valence electrons. The number of nitriles is 1. The highest BCUT2D eigenvalue weighted by atomic mass is 19.1. The first-order valence-corrected chi connectivity index (χ1v) is 7.11. The maximum atomic E-state index is 13.0. The fraction of sp³-hybridized carbons (Fsp3) is 0.105. The molecule has 2 nitrogen and oxygen atoms in total. The Hall–Kier alpha value is -2.86. The molecule has 0 amide bonds. The van der Waals surface area contributed by atoms with Crippen LogP contribution in [0.2, 0.25) is 0 Å². The minimum atomic E-state index is -0.267. The molecule has 1 heterocycles. The van der Waals surface area contributed by atoms with Crippen molar-refractivity contribution in [2.45, 2.75) is 12.5 Å². The molecule has 1 aliphatic rings. The summed E-state index contributed by atoms with van der Waals surface area (Å²) in [5.74, 6) is -0.380. The predicted octanol–water partition coefficient (Wildman–Crippen LogP) is 4.35. The molecule has 3 rings (SSSR count). The van der Waals surface area contributed by atoms with E-state index in [1.165, 1.54) is 17.7 Å². The van der Waals surface area contributed by atoms with Crippen molar-refractivity contribution in [3.8, 4) is 6.07 Å². The Bertz CT molecular complexity index is 739. The molecule has 0 radical (unpaired) electrons. The maximum absolute atomic E-state index is 13.0. The van der Waals surface area contributed by atoms with Crippen molar-refractivity contribution in [3.05, 3.63) is 95.6 Å². The zero-order chi connectivity index (χ0) is 15.4. The van der Waals surface area contributed by atoms with E-state index in [4.69, 9.17) is 0 Å². The van der Waals surface area contributed by atoms with Gasteiger partial charge in [-0.25, -0.2) is 4.39 Å². The van der Waals surface area contributed by atoms with Crippen molar-refractivity contribution in [1.29, 1.82) is 5.26 Å². The highest BCUT2D eigenvalue weighted by Gasteiger charge is 2.18. The number of rotatable bonds is 3. The molecule has 2 aromatic rings. The van der Waals surface area contributed by atoms with Crippen LogP contribution in [0.4, 0.5) is 4.39 Å². The van der Waals surface area contributed by atoms with Crippen molar-refractivity contribution in [2.75, 3.05) is 0 Å². The van der Waals surface area contributed by atoms with Crippen LogP contribution in [0.1, 0.15) is 17.0 Å². The Morgan fingerprint density at radius 3 is 2.45 bits per heavy atom. The highest BCUT2D eigenvalue weighted by molar-refractivity contribution is 5.42. The normalized spacial score (nSPS) is 17.0. The second-order valence-electron chi connectivity index (χ2n) is 5.22. The van der Waals surface area contributed by atoms with Gasteiger partial charge >= 0.3 is 0 Å². The van der Waals surface area contributed by atoms with Crippen molar-refractivity contribution >= 4 is 0 Å². The summed E-state index contributed by atoms with van der Waals surface area (Å²) in [7, 11) is 0. The Labute approximate surface area is 129 Å². The molecule has 1 aliphatic heterocycles. The molecule has 0 aromatic heterocycles. The van der Waals surface area contributed by atoms with Gasteiger partial charge < -0.3 is 4.90 Å². The SMILES string of the molecule is N#CC1=CN(Cc2ccccc2)C=CC1c1ccc(F)cc1. The van der Waals surface area contributed by atoms with E-state index in [1.807, 2.05) is 41.6 Å². The van der Waals surface area contributed by atoms with Crippen molar-refractivity contribution in [3.63, 3.8) is 0 Å². The van der Waals surface area contributed by atoms with E-state index in [1.54, 1.807) is 12.1 Å². The number of hydrogen-bond donors (Lipinski definition) is 0. The van der Waals surface area contributed by atoms with Crippen LogP contribution in [0.3, 0.4) is 0 Å². The molecule has 0 aliphatic carbocycles. The number of allylic oxidation sites excluding steroid dienone is 2. The smallest absolute Gasteiger partial charge is 0.123 e. The fourth-order valence-electron chi connectivity index (χ4n) is 2.55. The Balaban J connectivity index is 1.80. The topological polar surface area (TPSA) is 27.0 Å². The van der Waals surface area contributed by atoms with Crippen LogP contribution in [-0.2, 0) is 6.54 Å². The lowest BCUT2D eigenvalue weighted by Gasteiger charge is -2.24. The molecular weight excluding hydrogens is 275 g/mol. The largest absolute Gasteiger partial charge is 0.349 e. The molecule has 1 atom stereocenters. The number of hydrogen-bond acceptors (Lipinski definition) is 2. The van der Waals surface area contributed by atoms with Gasteiger partial charge in [-0.2, -0.15) is 5.26 Å². The van der Waals surface area contributed by atoms with E-state index in [2.05, 4.69) is 18.2 Å². The molecule has 0 saturated carbocycles. The minimum Gasteiger partial charge on any atom is -0.349 e. The molecule has 0 saturated heterocycles. The van der Waals surface area contributed by atoms with E-state index in [0.717, 1.165) is 12.1 Å². The van der Waals surface area contributed by atoms with Gasteiger partial charge in [0.05, 0.1) is 11.6 Å². The summed E-state index contributed by atoms with van der Waals surface area (Å²) < 4.78 is 13.0. The standard InChI is InChI=1S/C19H15FN2/c20-18-8-6-16(7-9-18)19-10-11-22(14-17(19)12-21)13-15-4-2-1-3-5-15/h1-11,14,19H,13H2. The lowest BCUT2D eigenvalue weighted by atomic mass is 9.90. The van der Waals surface area contributed by atoms with Crippen LogP contribution < -0.4 is 0 Å². The maximum Gasteiger partial charge on any atom is 0.123 e. The number of halogens is 1. The third kappa shape index (κ3) is 3.07. The minimum absolute atomic E-state index is 0.113. The van der Waals surface area contributed by atoms with Gasteiger partial charge in [-0.05, 0) is 23.3 Å². The van der Waals surface area contributed by atoms with Crippen molar-refractivity contribution < 1.29 is 4.39 Å². The number of benzene rings is 2. The third-order valence-corrected chi connectivity index (χ3v) is 3.68. The Morgan fingerprint density at radius 1 is 1.05 bits per heavy atom. The van der Waals surface area contributed by atoms with E-state index in [9.17, 15) is 9.65 Å². The molecule has 0 spiro atoms. The first kappa shape index (κ1) is 14.1. The average molecular weight is 290 g/mol. The molecule has 0 bridgehead atoms. The van der Waals surface area contributed by atoms with E-state index in [0.29, 0.717) is 5.57 Å². The average Bonchev–Trinajstić information content (AvgIpc) is 2.56. The first-order chi connectivity index (χ1) is 10.8.